The zero-order valence-corrected chi connectivity index (χ0v) is 16.3. The average Bonchev–Trinajstić information content (AvgIpc) is 2.61. The summed E-state index contributed by atoms with van der Waals surface area (Å²) < 4.78 is 11.2. The molecular weight excluding hydrogens is 328 g/mol. The first-order chi connectivity index (χ1) is 12.2. The fourth-order valence-corrected chi connectivity index (χ4v) is 4.25. The van der Waals surface area contributed by atoms with E-state index in [1.54, 1.807) is 0 Å². The number of rotatable bonds is 4. The lowest BCUT2D eigenvalue weighted by Gasteiger charge is -2.42. The van der Waals surface area contributed by atoms with Gasteiger partial charge in [-0.2, -0.15) is 0 Å². The summed E-state index contributed by atoms with van der Waals surface area (Å²) in [4.78, 5) is 0. The zero-order valence-electron chi connectivity index (χ0n) is 16.3. The Morgan fingerprint density at radius 2 is 2.04 bits per heavy atom. The van der Waals surface area contributed by atoms with Crippen LogP contribution in [-0.2, 0) is 0 Å². The largest absolute Gasteiger partial charge is 0.504 e. The number of hydrogen-bond acceptors (Lipinski definition) is 4. The number of phenolic OH excluding ortho intramolecular Hbond substituents is 2. The molecule has 1 aromatic rings. The molecule has 0 bridgehead atoms. The van der Waals surface area contributed by atoms with Gasteiger partial charge in [0, 0.05) is 6.07 Å². The lowest BCUT2D eigenvalue weighted by Crippen LogP contribution is -2.36. The van der Waals surface area contributed by atoms with E-state index in [1.165, 1.54) is 31.6 Å². The van der Waals surface area contributed by atoms with Crippen molar-refractivity contribution >= 4 is 6.08 Å². The van der Waals surface area contributed by atoms with Crippen LogP contribution in [0.15, 0.2) is 24.3 Å². The maximum Gasteiger partial charge on any atom is 0.173 e. The number of hydrogen-bond donors (Lipinski definition) is 2. The van der Waals surface area contributed by atoms with Gasteiger partial charge >= 0.3 is 0 Å². The Morgan fingerprint density at radius 1 is 1.31 bits per heavy atom. The fourth-order valence-electron chi connectivity index (χ4n) is 4.25. The van der Waals surface area contributed by atoms with Crippen LogP contribution in [-0.4, -0.2) is 22.9 Å². The molecule has 3 atom stereocenters. The van der Waals surface area contributed by atoms with Gasteiger partial charge in [-0.05, 0) is 56.1 Å². The van der Waals surface area contributed by atoms with E-state index in [-0.39, 0.29) is 22.7 Å². The van der Waals surface area contributed by atoms with E-state index in [9.17, 15) is 10.2 Å². The first kappa shape index (κ1) is 18.7. The highest BCUT2D eigenvalue weighted by molar-refractivity contribution is 5.74. The van der Waals surface area contributed by atoms with Crippen LogP contribution in [0.5, 0.6) is 23.0 Å². The van der Waals surface area contributed by atoms with Gasteiger partial charge in [0.25, 0.3) is 0 Å². The summed E-state index contributed by atoms with van der Waals surface area (Å²) in [6.07, 6.45) is 9.21. The molecule has 4 heteroatoms. The van der Waals surface area contributed by atoms with Gasteiger partial charge < -0.3 is 19.7 Å². The van der Waals surface area contributed by atoms with Crippen LogP contribution in [0.25, 0.3) is 6.08 Å². The molecule has 1 fully saturated rings. The molecule has 0 saturated heterocycles. The number of ether oxygens (including phenoxy) is 2. The van der Waals surface area contributed by atoms with Crippen LogP contribution in [0.3, 0.4) is 0 Å². The molecule has 0 unspecified atom stereocenters. The van der Waals surface area contributed by atoms with Crippen molar-refractivity contribution < 1.29 is 19.7 Å². The maximum absolute atomic E-state index is 10.3. The normalized spacial score (nSPS) is 30.6. The zero-order chi connectivity index (χ0) is 19.1. The van der Waals surface area contributed by atoms with Gasteiger partial charge in [0.2, 0.25) is 0 Å². The van der Waals surface area contributed by atoms with E-state index < -0.39 is 5.60 Å². The smallest absolute Gasteiger partial charge is 0.173 e. The molecule has 0 aromatic heterocycles. The number of benzene rings is 1. The summed E-state index contributed by atoms with van der Waals surface area (Å²) in [5.74, 6) is 1.08. The molecule has 1 heterocycles. The third-order valence-electron chi connectivity index (χ3n) is 6.30. The number of methoxy groups -OCH3 is 1. The van der Waals surface area contributed by atoms with Crippen LogP contribution in [0.4, 0.5) is 0 Å². The Morgan fingerprint density at radius 3 is 2.73 bits per heavy atom. The Balaban J connectivity index is 1.80. The molecule has 1 saturated carbocycles. The van der Waals surface area contributed by atoms with E-state index in [0.29, 0.717) is 17.2 Å². The van der Waals surface area contributed by atoms with Crippen LogP contribution >= 0.6 is 0 Å². The minimum Gasteiger partial charge on any atom is -0.504 e. The fraction of sp³-hybridized carbons (Fsp3) is 0.545. The van der Waals surface area contributed by atoms with E-state index in [2.05, 4.69) is 20.4 Å². The summed E-state index contributed by atoms with van der Waals surface area (Å²) in [6, 6.07) is 1.39. The van der Waals surface area contributed by atoms with E-state index in [1.807, 2.05) is 19.1 Å². The predicted molar refractivity (Wildman–Crippen MR) is 104 cm³/mol. The van der Waals surface area contributed by atoms with E-state index in [0.717, 1.165) is 19.3 Å². The van der Waals surface area contributed by atoms with Gasteiger partial charge in [-0.1, -0.05) is 32.4 Å². The molecule has 142 valence electrons. The molecule has 0 radical (unpaired) electrons. The first-order valence-corrected chi connectivity index (χ1v) is 9.39. The van der Waals surface area contributed by atoms with Gasteiger partial charge in [0.15, 0.2) is 23.0 Å². The summed E-state index contributed by atoms with van der Waals surface area (Å²) in [5, 5.41) is 20.6. The Bertz CT molecular complexity index is 751. The summed E-state index contributed by atoms with van der Waals surface area (Å²) in [6.45, 7) is 11.0. The van der Waals surface area contributed by atoms with Crippen molar-refractivity contribution in [1.82, 2.24) is 0 Å². The average molecular weight is 358 g/mol. The van der Waals surface area contributed by atoms with Crippen molar-refractivity contribution in [3.63, 3.8) is 0 Å². The van der Waals surface area contributed by atoms with Crippen molar-refractivity contribution in [3.05, 3.63) is 29.9 Å². The second-order valence-electron chi connectivity index (χ2n) is 8.32. The third kappa shape index (κ3) is 3.17. The molecule has 1 aromatic carbocycles. The molecule has 0 amide bonds. The minimum absolute atomic E-state index is 0.0138. The highest BCUT2D eigenvalue weighted by Crippen LogP contribution is 2.50. The minimum atomic E-state index is -0.532. The number of allylic oxidation sites excluding steroid dienone is 1. The van der Waals surface area contributed by atoms with Crippen LogP contribution in [0, 0.1) is 11.3 Å². The van der Waals surface area contributed by atoms with Gasteiger partial charge in [0.05, 0.1) is 12.7 Å². The van der Waals surface area contributed by atoms with Gasteiger partial charge in [-0.15, -0.1) is 0 Å². The standard InChI is InChI=1S/C22H30O4/c1-14-7-6-9-21(3,15(14)2)11-12-22(4)10-8-16-19(24)18(25-5)13-17(23)20(16)26-22/h8,10,13-14,23-24H,2,6-7,9,11-12H2,1,3-5H3/t14-,21-,22-/m1/s1. The van der Waals surface area contributed by atoms with E-state index in [4.69, 9.17) is 9.47 Å². The molecule has 1 aliphatic carbocycles. The number of phenols is 2. The van der Waals surface area contributed by atoms with Crippen LogP contribution in [0.1, 0.15) is 58.4 Å². The van der Waals surface area contributed by atoms with E-state index >= 15 is 0 Å². The lowest BCUT2D eigenvalue weighted by molar-refractivity contribution is 0.0991. The van der Waals surface area contributed by atoms with Gasteiger partial charge in [-0.25, -0.2) is 0 Å². The van der Waals surface area contributed by atoms with Gasteiger partial charge in [0.1, 0.15) is 5.60 Å². The topological polar surface area (TPSA) is 58.9 Å². The van der Waals surface area contributed by atoms with Crippen molar-refractivity contribution in [1.29, 1.82) is 0 Å². The Kier molecular flexibility index (Phi) is 4.72. The molecule has 2 aliphatic rings. The molecule has 0 spiro atoms. The highest BCUT2D eigenvalue weighted by Gasteiger charge is 2.38. The first-order valence-electron chi connectivity index (χ1n) is 9.39. The summed E-state index contributed by atoms with van der Waals surface area (Å²) in [7, 11) is 1.46. The van der Waals surface area contributed by atoms with Gasteiger partial charge in [-0.3, -0.25) is 0 Å². The number of fused-ring (bicyclic) bond motifs is 1. The Labute approximate surface area is 156 Å². The van der Waals surface area contributed by atoms with Crippen molar-refractivity contribution in [2.45, 2.75) is 58.5 Å². The van der Waals surface area contributed by atoms with Crippen LogP contribution < -0.4 is 9.47 Å². The molecule has 2 N–H and O–H groups in total. The quantitative estimate of drug-likeness (QED) is 0.556. The molecule has 4 nitrogen and oxygen atoms in total. The third-order valence-corrected chi connectivity index (χ3v) is 6.30. The number of aromatic hydroxyl groups is 2. The van der Waals surface area contributed by atoms with Crippen molar-refractivity contribution in [3.8, 4) is 23.0 Å². The maximum atomic E-state index is 10.3. The monoisotopic (exact) mass is 358 g/mol. The van der Waals surface area contributed by atoms with Crippen LogP contribution in [0.2, 0.25) is 0 Å². The molecular formula is C22H30O4. The molecule has 26 heavy (non-hydrogen) atoms. The lowest BCUT2D eigenvalue weighted by atomic mass is 9.65. The second kappa shape index (κ2) is 6.57. The summed E-state index contributed by atoms with van der Waals surface area (Å²) >= 11 is 0. The highest BCUT2D eigenvalue weighted by atomic mass is 16.5. The molecule has 1 aliphatic heterocycles. The predicted octanol–water partition coefficient (Wildman–Crippen LogP) is 5.43. The van der Waals surface area contributed by atoms with Crippen molar-refractivity contribution in [2.24, 2.45) is 11.3 Å². The Hall–Kier alpha value is -2.10. The SMILES string of the molecule is C=C1[C@H](C)CCC[C@]1(C)CC[C@@]1(C)C=Cc2c(O)c(OC)cc(O)c2O1. The summed E-state index contributed by atoms with van der Waals surface area (Å²) in [5.41, 5.74) is 1.40. The second-order valence-corrected chi connectivity index (χ2v) is 8.32. The molecule has 3 rings (SSSR count). The van der Waals surface area contributed by atoms with Crippen molar-refractivity contribution in [2.75, 3.05) is 7.11 Å².